The van der Waals surface area contributed by atoms with Gasteiger partial charge in [0.25, 0.3) is 0 Å². The van der Waals surface area contributed by atoms with Crippen LogP contribution in [0.4, 0.5) is 5.82 Å². The fraction of sp³-hybridized carbons (Fsp3) is 0.500. The number of hydrogen-bond acceptors (Lipinski definition) is 4. The molecule has 1 aromatic rings. The number of rotatable bonds is 5. The Kier molecular flexibility index (Phi) is 4.07. The van der Waals surface area contributed by atoms with Crippen molar-refractivity contribution < 1.29 is 15.0 Å². The molecule has 0 aliphatic carbocycles. The normalized spacial score (nSPS) is 14.1. The fourth-order valence-electron chi connectivity index (χ4n) is 1.40. The highest BCUT2D eigenvalue weighted by Crippen LogP contribution is 2.18. The molecule has 94 valence electrons. The third-order valence-electron chi connectivity index (χ3n) is 2.76. The highest BCUT2D eigenvalue weighted by atomic mass is 16.4. The molecule has 1 unspecified atom stereocenters. The van der Waals surface area contributed by atoms with E-state index in [-0.39, 0.29) is 12.2 Å². The van der Waals surface area contributed by atoms with Crippen molar-refractivity contribution in [1.29, 1.82) is 0 Å². The van der Waals surface area contributed by atoms with Crippen molar-refractivity contribution in [3.8, 4) is 0 Å². The van der Waals surface area contributed by atoms with Crippen LogP contribution in [0.3, 0.4) is 0 Å². The lowest BCUT2D eigenvalue weighted by Gasteiger charge is -2.28. The van der Waals surface area contributed by atoms with Crippen LogP contribution < -0.4 is 5.32 Å². The zero-order valence-electron chi connectivity index (χ0n) is 10.3. The Bertz CT molecular complexity index is 414. The van der Waals surface area contributed by atoms with Crippen LogP contribution in [0.2, 0.25) is 0 Å². The number of aromatic carboxylic acids is 1. The molecule has 0 radical (unpaired) electrons. The SMILES string of the molecule is CCC(C)(CO)Nc1cc(C(=O)O)cc(C)n1. The van der Waals surface area contributed by atoms with Crippen LogP contribution in [-0.2, 0) is 0 Å². The first-order valence-corrected chi connectivity index (χ1v) is 5.51. The summed E-state index contributed by atoms with van der Waals surface area (Å²) in [7, 11) is 0. The fourth-order valence-corrected chi connectivity index (χ4v) is 1.40. The van der Waals surface area contributed by atoms with E-state index in [2.05, 4.69) is 10.3 Å². The number of pyridine rings is 1. The van der Waals surface area contributed by atoms with E-state index in [0.29, 0.717) is 17.9 Å². The summed E-state index contributed by atoms with van der Waals surface area (Å²) >= 11 is 0. The molecule has 0 fully saturated rings. The number of aromatic nitrogens is 1. The lowest BCUT2D eigenvalue weighted by atomic mass is 10.0. The Balaban J connectivity index is 3.02. The van der Waals surface area contributed by atoms with Crippen LogP contribution in [0.25, 0.3) is 0 Å². The molecule has 0 saturated carbocycles. The van der Waals surface area contributed by atoms with Gasteiger partial charge in [-0.2, -0.15) is 0 Å². The highest BCUT2D eigenvalue weighted by Gasteiger charge is 2.21. The number of hydrogen-bond donors (Lipinski definition) is 3. The summed E-state index contributed by atoms with van der Waals surface area (Å²) in [5.41, 5.74) is 0.330. The van der Waals surface area contributed by atoms with Gasteiger partial charge in [-0.05, 0) is 32.4 Å². The van der Waals surface area contributed by atoms with Crippen LogP contribution in [0, 0.1) is 6.92 Å². The van der Waals surface area contributed by atoms with Gasteiger partial charge < -0.3 is 15.5 Å². The number of carboxylic acids is 1. The number of nitrogens with one attached hydrogen (secondary N) is 1. The molecule has 0 aromatic carbocycles. The maximum absolute atomic E-state index is 10.9. The first-order chi connectivity index (χ1) is 7.90. The predicted octanol–water partition coefficient (Wildman–Crippen LogP) is 1.66. The quantitative estimate of drug-likeness (QED) is 0.726. The third-order valence-corrected chi connectivity index (χ3v) is 2.76. The average Bonchev–Trinajstić information content (AvgIpc) is 2.28. The molecular weight excluding hydrogens is 220 g/mol. The van der Waals surface area contributed by atoms with E-state index in [9.17, 15) is 9.90 Å². The van der Waals surface area contributed by atoms with Crippen molar-refractivity contribution >= 4 is 11.8 Å². The van der Waals surface area contributed by atoms with Crippen molar-refractivity contribution in [2.24, 2.45) is 0 Å². The van der Waals surface area contributed by atoms with Gasteiger partial charge in [0.2, 0.25) is 0 Å². The van der Waals surface area contributed by atoms with E-state index in [1.165, 1.54) is 12.1 Å². The number of nitrogens with zero attached hydrogens (tertiary/aromatic N) is 1. The molecule has 17 heavy (non-hydrogen) atoms. The third kappa shape index (κ3) is 3.42. The van der Waals surface area contributed by atoms with E-state index in [1.54, 1.807) is 6.92 Å². The smallest absolute Gasteiger partial charge is 0.335 e. The Morgan fingerprint density at radius 3 is 2.65 bits per heavy atom. The molecule has 5 heteroatoms. The molecule has 1 heterocycles. The van der Waals surface area contributed by atoms with E-state index in [1.807, 2.05) is 13.8 Å². The number of anilines is 1. The van der Waals surface area contributed by atoms with Crippen molar-refractivity contribution in [3.05, 3.63) is 23.4 Å². The molecule has 5 nitrogen and oxygen atoms in total. The number of carbonyl (C=O) groups is 1. The zero-order chi connectivity index (χ0) is 13.1. The Hall–Kier alpha value is -1.62. The van der Waals surface area contributed by atoms with Gasteiger partial charge in [0.15, 0.2) is 0 Å². The van der Waals surface area contributed by atoms with Crippen LogP contribution in [0.5, 0.6) is 0 Å². The summed E-state index contributed by atoms with van der Waals surface area (Å²) in [5, 5.41) is 21.3. The van der Waals surface area contributed by atoms with Crippen molar-refractivity contribution in [2.45, 2.75) is 32.7 Å². The second kappa shape index (κ2) is 5.14. The van der Waals surface area contributed by atoms with Gasteiger partial charge in [-0.1, -0.05) is 6.92 Å². The molecule has 0 amide bonds. The van der Waals surface area contributed by atoms with Gasteiger partial charge in [-0.3, -0.25) is 0 Å². The lowest BCUT2D eigenvalue weighted by molar-refractivity contribution is 0.0696. The molecule has 1 atom stereocenters. The largest absolute Gasteiger partial charge is 0.478 e. The maximum Gasteiger partial charge on any atom is 0.335 e. The highest BCUT2D eigenvalue weighted by molar-refractivity contribution is 5.88. The molecular formula is C12H18N2O3. The van der Waals surface area contributed by atoms with E-state index in [0.717, 1.165) is 0 Å². The monoisotopic (exact) mass is 238 g/mol. The van der Waals surface area contributed by atoms with Crippen LogP contribution >= 0.6 is 0 Å². The molecule has 1 aromatic heterocycles. The molecule has 0 spiro atoms. The number of aliphatic hydroxyl groups is 1. The predicted molar refractivity (Wildman–Crippen MR) is 65.3 cm³/mol. The molecule has 0 bridgehead atoms. The first kappa shape index (κ1) is 13.4. The number of carboxylic acid groups (broad SMARTS) is 1. The van der Waals surface area contributed by atoms with E-state index in [4.69, 9.17) is 5.11 Å². The minimum absolute atomic E-state index is 0.0402. The Morgan fingerprint density at radius 1 is 1.53 bits per heavy atom. The summed E-state index contributed by atoms with van der Waals surface area (Å²) in [4.78, 5) is 15.1. The Morgan fingerprint density at radius 2 is 2.18 bits per heavy atom. The summed E-state index contributed by atoms with van der Waals surface area (Å²) in [6.07, 6.45) is 0.710. The van der Waals surface area contributed by atoms with Gasteiger partial charge in [0.1, 0.15) is 5.82 Å². The first-order valence-electron chi connectivity index (χ1n) is 5.51. The number of aryl methyl sites for hydroxylation is 1. The van der Waals surface area contributed by atoms with Crippen LogP contribution in [0.15, 0.2) is 12.1 Å². The summed E-state index contributed by atoms with van der Waals surface area (Å²) in [6, 6.07) is 2.98. The average molecular weight is 238 g/mol. The summed E-state index contributed by atoms with van der Waals surface area (Å²) < 4.78 is 0. The standard InChI is InChI=1S/C12H18N2O3/c1-4-12(3,7-15)14-10-6-9(11(16)17)5-8(2)13-10/h5-6,15H,4,7H2,1-3H3,(H,13,14)(H,16,17). The van der Waals surface area contributed by atoms with Gasteiger partial charge in [0.05, 0.1) is 17.7 Å². The molecule has 1 rings (SSSR count). The van der Waals surface area contributed by atoms with Crippen molar-refractivity contribution in [2.75, 3.05) is 11.9 Å². The van der Waals surface area contributed by atoms with Crippen LogP contribution in [0.1, 0.15) is 36.3 Å². The van der Waals surface area contributed by atoms with Gasteiger partial charge >= 0.3 is 5.97 Å². The minimum Gasteiger partial charge on any atom is -0.478 e. The lowest BCUT2D eigenvalue weighted by Crippen LogP contribution is -2.38. The second-order valence-electron chi connectivity index (χ2n) is 4.38. The summed E-state index contributed by atoms with van der Waals surface area (Å²) in [5.74, 6) is -0.512. The van der Waals surface area contributed by atoms with Gasteiger partial charge in [-0.25, -0.2) is 9.78 Å². The zero-order valence-corrected chi connectivity index (χ0v) is 10.3. The van der Waals surface area contributed by atoms with E-state index < -0.39 is 11.5 Å². The molecule has 3 N–H and O–H groups in total. The van der Waals surface area contributed by atoms with Crippen molar-refractivity contribution in [3.63, 3.8) is 0 Å². The van der Waals surface area contributed by atoms with E-state index >= 15 is 0 Å². The Labute approximate surface area is 101 Å². The maximum atomic E-state index is 10.9. The van der Waals surface area contributed by atoms with Gasteiger partial charge in [-0.15, -0.1) is 0 Å². The molecule has 0 aliphatic heterocycles. The summed E-state index contributed by atoms with van der Waals surface area (Å²) in [6.45, 7) is 5.50. The molecule has 0 aliphatic rings. The second-order valence-corrected chi connectivity index (χ2v) is 4.38. The topological polar surface area (TPSA) is 82.5 Å². The molecule has 0 saturated heterocycles. The minimum atomic E-state index is -0.985. The number of aliphatic hydroxyl groups excluding tert-OH is 1. The van der Waals surface area contributed by atoms with Gasteiger partial charge in [0, 0.05) is 5.69 Å². The van der Waals surface area contributed by atoms with Crippen LogP contribution in [-0.4, -0.2) is 33.3 Å². The van der Waals surface area contributed by atoms with Crippen molar-refractivity contribution in [1.82, 2.24) is 4.98 Å².